The lowest BCUT2D eigenvalue weighted by atomic mass is 10.2. The van der Waals surface area contributed by atoms with Gasteiger partial charge in [0, 0.05) is 6.61 Å². The first-order valence-corrected chi connectivity index (χ1v) is 16.0. The van der Waals surface area contributed by atoms with Crippen molar-refractivity contribution in [1.82, 2.24) is 0 Å². The number of rotatable bonds is 36. The second-order valence-corrected chi connectivity index (χ2v) is 10.4. The van der Waals surface area contributed by atoms with Crippen molar-refractivity contribution in [2.45, 2.75) is 52.6 Å². The molecule has 0 saturated carbocycles. The summed E-state index contributed by atoms with van der Waals surface area (Å²) in [4.78, 5) is 11.6. The maximum absolute atomic E-state index is 11.6. The minimum absolute atomic E-state index is 0.234. The normalized spacial score (nSPS) is 11.8. The largest absolute Gasteiger partial charge is 0.460 e. The van der Waals surface area contributed by atoms with Crippen LogP contribution in [0.25, 0.3) is 0 Å². The maximum atomic E-state index is 11.6. The quantitative estimate of drug-likeness (QED) is 0.0735. The number of hydrogen-bond donors (Lipinski definition) is 0. The SMILES string of the molecule is CCCCOCCOCCOCCOCCOCCOCCOCCOCCOCCOCCOCCC(=O)OC(C)(C)C. The second-order valence-electron chi connectivity index (χ2n) is 10.4. The van der Waals surface area contributed by atoms with Gasteiger partial charge < -0.3 is 56.8 Å². The Bertz CT molecular complexity index is 575. The highest BCUT2D eigenvalue weighted by atomic mass is 16.6. The van der Waals surface area contributed by atoms with Gasteiger partial charge >= 0.3 is 5.97 Å². The lowest BCUT2D eigenvalue weighted by Gasteiger charge is -2.19. The molecular weight excluding hydrogens is 580 g/mol. The van der Waals surface area contributed by atoms with Crippen LogP contribution in [0.3, 0.4) is 0 Å². The van der Waals surface area contributed by atoms with E-state index >= 15 is 0 Å². The van der Waals surface area contributed by atoms with Crippen molar-refractivity contribution in [3.63, 3.8) is 0 Å². The fraction of sp³-hybridized carbons (Fsp3) is 0.968. The summed E-state index contributed by atoms with van der Waals surface area (Å²) in [6.07, 6.45) is 2.47. The van der Waals surface area contributed by atoms with Gasteiger partial charge in [-0.15, -0.1) is 0 Å². The minimum Gasteiger partial charge on any atom is -0.460 e. The Morgan fingerprint density at radius 3 is 0.841 bits per heavy atom. The van der Waals surface area contributed by atoms with Gasteiger partial charge in [0.1, 0.15) is 5.60 Å². The highest BCUT2D eigenvalue weighted by molar-refractivity contribution is 5.69. The van der Waals surface area contributed by atoms with Crippen LogP contribution in [-0.4, -0.2) is 157 Å². The molecule has 0 heterocycles. The zero-order valence-corrected chi connectivity index (χ0v) is 28.0. The van der Waals surface area contributed by atoms with Crippen molar-refractivity contribution in [2.75, 3.05) is 145 Å². The van der Waals surface area contributed by atoms with Gasteiger partial charge in [-0.3, -0.25) is 4.79 Å². The molecule has 13 nitrogen and oxygen atoms in total. The molecule has 0 aromatic carbocycles. The van der Waals surface area contributed by atoms with E-state index in [-0.39, 0.29) is 12.4 Å². The summed E-state index contributed by atoms with van der Waals surface area (Å²) in [5.41, 5.74) is -0.471. The molecule has 0 saturated heterocycles. The third-order valence-electron chi connectivity index (χ3n) is 5.23. The summed E-state index contributed by atoms with van der Waals surface area (Å²) in [5.74, 6) is -0.263. The van der Waals surface area contributed by atoms with Crippen molar-refractivity contribution in [1.29, 1.82) is 0 Å². The minimum atomic E-state index is -0.471. The van der Waals surface area contributed by atoms with E-state index in [1.165, 1.54) is 0 Å². The second kappa shape index (κ2) is 34.9. The van der Waals surface area contributed by atoms with E-state index in [2.05, 4.69) is 6.92 Å². The van der Waals surface area contributed by atoms with Gasteiger partial charge in [0.25, 0.3) is 0 Å². The van der Waals surface area contributed by atoms with Crippen molar-refractivity contribution >= 4 is 5.97 Å². The van der Waals surface area contributed by atoms with Crippen LogP contribution in [0.2, 0.25) is 0 Å². The van der Waals surface area contributed by atoms with Crippen LogP contribution in [0.5, 0.6) is 0 Å². The van der Waals surface area contributed by atoms with Crippen LogP contribution in [0.15, 0.2) is 0 Å². The molecule has 0 aromatic heterocycles. The van der Waals surface area contributed by atoms with E-state index in [0.29, 0.717) is 139 Å². The number of esters is 1. The predicted molar refractivity (Wildman–Crippen MR) is 164 cm³/mol. The van der Waals surface area contributed by atoms with E-state index in [1.807, 2.05) is 20.8 Å². The molecule has 0 N–H and O–H groups in total. The fourth-order valence-corrected chi connectivity index (χ4v) is 3.10. The van der Waals surface area contributed by atoms with Crippen molar-refractivity contribution in [2.24, 2.45) is 0 Å². The first-order valence-electron chi connectivity index (χ1n) is 16.0. The fourth-order valence-electron chi connectivity index (χ4n) is 3.10. The Hall–Kier alpha value is -0.970. The zero-order valence-electron chi connectivity index (χ0n) is 28.0. The van der Waals surface area contributed by atoms with Gasteiger partial charge in [0.05, 0.1) is 145 Å². The van der Waals surface area contributed by atoms with Crippen LogP contribution in [0.1, 0.15) is 47.0 Å². The number of carbonyl (C=O) groups excluding carboxylic acids is 1. The van der Waals surface area contributed by atoms with Crippen LogP contribution in [0.4, 0.5) is 0 Å². The molecule has 0 atom stereocenters. The molecule has 0 bridgehead atoms. The Balaban J connectivity index is 3.09. The molecular formula is C31H62O13. The maximum Gasteiger partial charge on any atom is 0.308 e. The summed E-state index contributed by atoms with van der Waals surface area (Å²) >= 11 is 0. The molecule has 44 heavy (non-hydrogen) atoms. The Morgan fingerprint density at radius 1 is 0.386 bits per heavy atom. The molecule has 264 valence electrons. The average molecular weight is 643 g/mol. The summed E-state index contributed by atoms with van der Waals surface area (Å²) in [6, 6.07) is 0. The summed E-state index contributed by atoms with van der Waals surface area (Å²) in [7, 11) is 0. The zero-order chi connectivity index (χ0) is 32.2. The van der Waals surface area contributed by atoms with Gasteiger partial charge in [-0.05, 0) is 27.2 Å². The standard InChI is InChI=1S/C31H62O13/c1-5-6-8-33-10-12-35-14-16-37-18-20-39-22-24-41-26-28-43-29-27-42-25-23-40-21-19-38-17-15-36-13-11-34-9-7-30(32)44-31(2,3)4/h5-29H2,1-4H3. The molecule has 0 aliphatic rings. The molecule has 0 spiro atoms. The van der Waals surface area contributed by atoms with Gasteiger partial charge in [0.15, 0.2) is 0 Å². The van der Waals surface area contributed by atoms with Gasteiger partial charge in [-0.2, -0.15) is 0 Å². The third kappa shape index (κ3) is 39.1. The van der Waals surface area contributed by atoms with E-state index in [0.717, 1.165) is 19.4 Å². The molecule has 0 aliphatic carbocycles. The number of unbranched alkanes of at least 4 members (excludes halogenated alkanes) is 1. The first kappa shape index (κ1) is 43.0. The first-order chi connectivity index (χ1) is 21.5. The van der Waals surface area contributed by atoms with Gasteiger partial charge in [0.2, 0.25) is 0 Å². The lowest BCUT2D eigenvalue weighted by Crippen LogP contribution is -2.24. The van der Waals surface area contributed by atoms with E-state index in [4.69, 9.17) is 56.8 Å². The Labute approximate surface area is 265 Å². The number of carbonyl (C=O) groups is 1. The van der Waals surface area contributed by atoms with Gasteiger partial charge in [-0.25, -0.2) is 0 Å². The summed E-state index contributed by atoms with van der Waals surface area (Å²) in [5, 5.41) is 0. The number of hydrogen-bond acceptors (Lipinski definition) is 13. The molecule has 0 fully saturated rings. The van der Waals surface area contributed by atoms with E-state index in [9.17, 15) is 4.79 Å². The molecule has 0 amide bonds. The molecule has 0 aromatic rings. The Morgan fingerprint density at radius 2 is 0.614 bits per heavy atom. The predicted octanol–water partition coefficient (Wildman–Crippen LogP) is 2.70. The molecule has 0 radical (unpaired) electrons. The average Bonchev–Trinajstić information content (AvgIpc) is 2.98. The van der Waals surface area contributed by atoms with Gasteiger partial charge in [-0.1, -0.05) is 13.3 Å². The van der Waals surface area contributed by atoms with Crippen LogP contribution in [-0.2, 0) is 61.6 Å². The van der Waals surface area contributed by atoms with Crippen molar-refractivity contribution in [3.8, 4) is 0 Å². The van der Waals surface area contributed by atoms with Crippen LogP contribution >= 0.6 is 0 Å². The monoisotopic (exact) mass is 642 g/mol. The third-order valence-corrected chi connectivity index (χ3v) is 5.23. The molecule has 0 rings (SSSR count). The summed E-state index contributed by atoms with van der Waals surface area (Å²) < 4.78 is 65.1. The van der Waals surface area contributed by atoms with Crippen molar-refractivity contribution < 1.29 is 61.6 Å². The van der Waals surface area contributed by atoms with Crippen LogP contribution < -0.4 is 0 Å². The lowest BCUT2D eigenvalue weighted by molar-refractivity contribution is -0.156. The Kier molecular flexibility index (Phi) is 34.1. The molecule has 0 aliphatic heterocycles. The smallest absolute Gasteiger partial charge is 0.308 e. The number of ether oxygens (including phenoxy) is 12. The highest BCUT2D eigenvalue weighted by Crippen LogP contribution is 2.08. The molecule has 0 unspecified atom stereocenters. The topological polar surface area (TPSA) is 128 Å². The molecule has 13 heteroatoms. The van der Waals surface area contributed by atoms with E-state index < -0.39 is 5.60 Å². The van der Waals surface area contributed by atoms with E-state index in [1.54, 1.807) is 0 Å². The highest BCUT2D eigenvalue weighted by Gasteiger charge is 2.15. The van der Waals surface area contributed by atoms with Crippen LogP contribution in [0, 0.1) is 0 Å². The summed E-state index contributed by atoms with van der Waals surface area (Å²) in [6.45, 7) is 19.1. The van der Waals surface area contributed by atoms with Crippen molar-refractivity contribution in [3.05, 3.63) is 0 Å².